The minimum Gasteiger partial charge on any atom is -0.391 e. The monoisotopic (exact) mass is 502 g/mol. The Bertz CT molecular complexity index is 1070. The van der Waals surface area contributed by atoms with Crippen LogP contribution >= 0.6 is 11.6 Å². The number of benzene rings is 1. The molecule has 8 nitrogen and oxygen atoms in total. The number of nitrogens with one attached hydrogen (secondary N) is 1. The zero-order valence-corrected chi connectivity index (χ0v) is 18.7. The first-order valence-corrected chi connectivity index (χ1v) is 11.1. The zero-order chi connectivity index (χ0) is 24.6. The van der Waals surface area contributed by atoms with Gasteiger partial charge in [0.15, 0.2) is 11.6 Å². The fourth-order valence-corrected chi connectivity index (χ4v) is 4.65. The lowest BCUT2D eigenvalue weighted by molar-refractivity contribution is -0.140. The number of anilines is 3. The number of nitrogen functional groups attached to an aromatic ring is 1. The molecule has 3 heterocycles. The summed E-state index contributed by atoms with van der Waals surface area (Å²) in [6.45, 7) is 0.768. The standard InChI is InChI=1S/C21H23ClF4N6O2/c22-12-6-11(21(24,25)26)7-13(8-12)30-14-2-1-4-32(20(14)34)15-9-31(5-3-16(15)33)19-17(23)18(27)28-10-29-19/h6-8,10,14-16,30,33H,1-5,9H2,(H2,27,28,29). The van der Waals surface area contributed by atoms with Crippen LogP contribution in [0.5, 0.6) is 0 Å². The largest absolute Gasteiger partial charge is 0.416 e. The predicted molar refractivity (Wildman–Crippen MR) is 118 cm³/mol. The van der Waals surface area contributed by atoms with Gasteiger partial charge < -0.3 is 26.0 Å². The summed E-state index contributed by atoms with van der Waals surface area (Å²) >= 11 is 5.85. The molecule has 2 aromatic rings. The topological polar surface area (TPSA) is 108 Å². The average molecular weight is 503 g/mol. The van der Waals surface area contributed by atoms with Crippen molar-refractivity contribution in [2.24, 2.45) is 0 Å². The molecule has 1 aromatic heterocycles. The molecule has 0 spiro atoms. The Balaban J connectivity index is 1.52. The molecule has 2 aliphatic heterocycles. The third kappa shape index (κ3) is 4.97. The number of amides is 1. The number of carbonyl (C=O) groups is 1. The fourth-order valence-electron chi connectivity index (χ4n) is 4.41. The Morgan fingerprint density at radius 2 is 1.94 bits per heavy atom. The minimum atomic E-state index is -4.58. The molecular weight excluding hydrogens is 480 g/mol. The number of likely N-dealkylation sites (tertiary alicyclic amines) is 1. The molecule has 0 aliphatic carbocycles. The van der Waals surface area contributed by atoms with Crippen molar-refractivity contribution in [1.82, 2.24) is 14.9 Å². The maximum atomic E-state index is 14.4. The number of alkyl halides is 3. The number of aliphatic hydroxyl groups is 1. The second kappa shape index (κ2) is 9.41. The molecule has 1 aromatic carbocycles. The van der Waals surface area contributed by atoms with Gasteiger partial charge in [0.2, 0.25) is 11.7 Å². The van der Waals surface area contributed by atoms with Crippen molar-refractivity contribution in [3.05, 3.63) is 40.9 Å². The predicted octanol–water partition coefficient (Wildman–Crippen LogP) is 2.91. The summed E-state index contributed by atoms with van der Waals surface area (Å²) < 4.78 is 53.9. The van der Waals surface area contributed by atoms with E-state index < -0.39 is 35.7 Å². The molecule has 34 heavy (non-hydrogen) atoms. The third-order valence-electron chi connectivity index (χ3n) is 6.08. The molecule has 4 rings (SSSR count). The number of hydrogen-bond acceptors (Lipinski definition) is 7. The van der Waals surface area contributed by atoms with E-state index >= 15 is 0 Å². The lowest BCUT2D eigenvalue weighted by atomic mass is 9.95. The van der Waals surface area contributed by atoms with Gasteiger partial charge in [0.25, 0.3) is 0 Å². The summed E-state index contributed by atoms with van der Waals surface area (Å²) in [5.74, 6) is -1.45. The van der Waals surface area contributed by atoms with Crippen molar-refractivity contribution in [1.29, 1.82) is 0 Å². The average Bonchev–Trinajstić information content (AvgIpc) is 2.77. The highest BCUT2D eigenvalue weighted by Crippen LogP contribution is 2.34. The van der Waals surface area contributed by atoms with Gasteiger partial charge in [-0.1, -0.05) is 11.6 Å². The van der Waals surface area contributed by atoms with E-state index in [4.69, 9.17) is 17.3 Å². The molecule has 1 amide bonds. The quantitative estimate of drug-likeness (QED) is 0.552. The highest BCUT2D eigenvalue weighted by molar-refractivity contribution is 6.31. The van der Waals surface area contributed by atoms with E-state index in [-0.39, 0.29) is 41.2 Å². The van der Waals surface area contributed by atoms with Crippen molar-refractivity contribution >= 4 is 34.8 Å². The number of nitrogens with zero attached hydrogens (tertiary/aromatic N) is 4. The Kier molecular flexibility index (Phi) is 6.72. The Hall–Kier alpha value is -2.86. The van der Waals surface area contributed by atoms with Crippen molar-refractivity contribution in [2.75, 3.05) is 35.6 Å². The van der Waals surface area contributed by atoms with E-state index in [0.717, 1.165) is 18.5 Å². The SMILES string of the molecule is Nc1ncnc(N2CCC(O)C(N3CCCC(Nc4cc(Cl)cc(C(F)(F)F)c4)C3=O)C2)c1F. The first-order chi connectivity index (χ1) is 16.0. The van der Waals surface area contributed by atoms with E-state index in [1.165, 1.54) is 11.0 Å². The molecule has 0 bridgehead atoms. The number of rotatable bonds is 4. The molecule has 3 unspecified atom stereocenters. The van der Waals surface area contributed by atoms with E-state index in [1.807, 2.05) is 0 Å². The van der Waals surface area contributed by atoms with Gasteiger partial charge in [-0.25, -0.2) is 9.97 Å². The molecule has 184 valence electrons. The second-order valence-corrected chi connectivity index (χ2v) is 8.80. The van der Waals surface area contributed by atoms with E-state index in [0.29, 0.717) is 25.9 Å². The summed E-state index contributed by atoms with van der Waals surface area (Å²) in [4.78, 5) is 23.9. The number of aromatic nitrogens is 2. The van der Waals surface area contributed by atoms with Gasteiger partial charge in [0.05, 0.1) is 17.7 Å². The van der Waals surface area contributed by atoms with Crippen LogP contribution in [0.2, 0.25) is 5.02 Å². The highest BCUT2D eigenvalue weighted by atomic mass is 35.5. The smallest absolute Gasteiger partial charge is 0.391 e. The zero-order valence-electron chi connectivity index (χ0n) is 17.9. The molecule has 13 heteroatoms. The molecule has 4 N–H and O–H groups in total. The van der Waals surface area contributed by atoms with Crippen LogP contribution in [0.4, 0.5) is 34.9 Å². The van der Waals surface area contributed by atoms with Crippen LogP contribution in [-0.4, -0.2) is 63.7 Å². The fraction of sp³-hybridized carbons (Fsp3) is 0.476. The van der Waals surface area contributed by atoms with E-state index in [2.05, 4.69) is 15.3 Å². The molecule has 0 radical (unpaired) electrons. The lowest BCUT2D eigenvalue weighted by Gasteiger charge is -2.45. The van der Waals surface area contributed by atoms with Crippen LogP contribution in [0.3, 0.4) is 0 Å². The highest BCUT2D eigenvalue weighted by Gasteiger charge is 2.40. The van der Waals surface area contributed by atoms with Crippen LogP contribution in [-0.2, 0) is 11.0 Å². The van der Waals surface area contributed by atoms with Crippen molar-refractivity contribution < 1.29 is 27.5 Å². The van der Waals surface area contributed by atoms with Gasteiger partial charge in [0, 0.05) is 30.3 Å². The van der Waals surface area contributed by atoms with E-state index in [9.17, 15) is 27.5 Å². The number of halogens is 5. The Labute approximate surface area is 197 Å². The van der Waals surface area contributed by atoms with Crippen LogP contribution < -0.4 is 16.0 Å². The molecule has 2 fully saturated rings. The minimum absolute atomic E-state index is 0.0119. The summed E-state index contributed by atoms with van der Waals surface area (Å²) in [5.41, 5.74) is 4.69. The maximum absolute atomic E-state index is 14.4. The Morgan fingerprint density at radius 1 is 1.18 bits per heavy atom. The molecule has 0 saturated carbocycles. The normalized spacial score (nSPS) is 23.8. The summed E-state index contributed by atoms with van der Waals surface area (Å²) in [6, 6.07) is 1.57. The molecule has 2 aliphatic rings. The first-order valence-electron chi connectivity index (χ1n) is 10.7. The van der Waals surface area contributed by atoms with Gasteiger partial charge in [-0.2, -0.15) is 17.6 Å². The summed E-state index contributed by atoms with van der Waals surface area (Å²) in [6.07, 6.45) is -3.08. The van der Waals surface area contributed by atoms with Crippen LogP contribution in [0.1, 0.15) is 24.8 Å². The molecule has 2 saturated heterocycles. The van der Waals surface area contributed by atoms with Crippen molar-refractivity contribution in [3.63, 3.8) is 0 Å². The number of piperidine rings is 2. The molecule has 3 atom stereocenters. The third-order valence-corrected chi connectivity index (χ3v) is 6.30. The van der Waals surface area contributed by atoms with Gasteiger partial charge in [-0.3, -0.25) is 4.79 Å². The summed E-state index contributed by atoms with van der Waals surface area (Å²) in [7, 11) is 0. The Morgan fingerprint density at radius 3 is 2.68 bits per heavy atom. The number of nitrogens with two attached hydrogens (primary N) is 1. The van der Waals surface area contributed by atoms with Gasteiger partial charge in [-0.15, -0.1) is 0 Å². The number of carbonyl (C=O) groups excluding carboxylic acids is 1. The second-order valence-electron chi connectivity index (χ2n) is 8.36. The van der Waals surface area contributed by atoms with Crippen LogP contribution in [0.25, 0.3) is 0 Å². The van der Waals surface area contributed by atoms with Gasteiger partial charge in [0.1, 0.15) is 12.4 Å². The lowest BCUT2D eigenvalue weighted by Crippen LogP contribution is -2.61. The van der Waals surface area contributed by atoms with Crippen molar-refractivity contribution in [2.45, 2.75) is 43.6 Å². The van der Waals surface area contributed by atoms with Gasteiger partial charge >= 0.3 is 6.18 Å². The molecular formula is C21H23ClF4N6O2. The first kappa shape index (κ1) is 24.3. The van der Waals surface area contributed by atoms with E-state index in [1.54, 1.807) is 4.90 Å². The van der Waals surface area contributed by atoms with Crippen LogP contribution in [0, 0.1) is 5.82 Å². The summed E-state index contributed by atoms with van der Waals surface area (Å²) in [5, 5.41) is 13.4. The van der Waals surface area contributed by atoms with Crippen LogP contribution in [0.15, 0.2) is 24.5 Å². The maximum Gasteiger partial charge on any atom is 0.416 e. The number of aliphatic hydroxyl groups excluding tert-OH is 1. The van der Waals surface area contributed by atoms with Crippen molar-refractivity contribution in [3.8, 4) is 0 Å². The van der Waals surface area contributed by atoms with Gasteiger partial charge in [-0.05, 0) is 37.5 Å². The number of hydrogen-bond donors (Lipinski definition) is 3.